The third kappa shape index (κ3) is 17.3. The van der Waals surface area contributed by atoms with E-state index in [2.05, 4.69) is 332 Å². The molecule has 0 amide bonds. The van der Waals surface area contributed by atoms with E-state index in [-0.39, 0.29) is 0 Å². The molecule has 522 valence electrons. The Labute approximate surface area is 627 Å². The largest absolute Gasteiger partial charge is 0.213 e. The molecule has 8 nitrogen and oxygen atoms in total. The molecule has 13 rings (SSSR count). The van der Waals surface area contributed by atoms with Crippen molar-refractivity contribution in [2.45, 2.75) is 113 Å². The normalized spacial score (nSPS) is 13.6. The van der Waals surface area contributed by atoms with Gasteiger partial charge in [0.05, 0.1) is 11.1 Å². The van der Waals surface area contributed by atoms with E-state index in [1.54, 1.807) is 36.7 Å². The minimum absolute atomic E-state index is 0.394. The summed E-state index contributed by atoms with van der Waals surface area (Å²) in [4.78, 5) is 0. The molecule has 8 heterocycles. The summed E-state index contributed by atoms with van der Waals surface area (Å²) in [5.41, 5.74) is 30.5. The zero-order valence-corrected chi connectivity index (χ0v) is 64.1. The lowest BCUT2D eigenvalue weighted by molar-refractivity contribution is -0.661. The average molecular weight is 1370 g/mol. The zero-order chi connectivity index (χ0) is 80.8. The Morgan fingerprint density at radius 3 is 0.845 bits per heavy atom. The van der Waals surface area contributed by atoms with Crippen molar-refractivity contribution in [1.29, 1.82) is 0 Å². The molecule has 0 saturated heterocycles. The van der Waals surface area contributed by atoms with Crippen LogP contribution in [-0.2, 0) is 56.4 Å². The van der Waals surface area contributed by atoms with Crippen LogP contribution in [0.2, 0.25) is 0 Å². The first kappa shape index (κ1) is 64.4. The molecular formula is C95H110N8+8. The molecule has 0 fully saturated rings. The molecule has 103 heavy (non-hydrogen) atoms. The van der Waals surface area contributed by atoms with E-state index in [1.807, 2.05) is 48.4 Å². The van der Waals surface area contributed by atoms with Crippen LogP contribution in [0.1, 0.15) is 140 Å². The van der Waals surface area contributed by atoms with Gasteiger partial charge < -0.3 is 0 Å². The second kappa shape index (κ2) is 33.4. The Hall–Kier alpha value is -10.7. The fourth-order valence-electron chi connectivity index (χ4n) is 13.6. The number of hydrogen-bond donors (Lipinski definition) is 0. The van der Waals surface area contributed by atoms with E-state index >= 15 is 0 Å². The molecule has 8 heteroatoms. The first-order valence-corrected chi connectivity index (χ1v) is 35.7. The Morgan fingerprint density at radius 2 is 0.515 bits per heavy atom. The second-order valence-corrected chi connectivity index (χ2v) is 28.1. The molecule has 0 aliphatic rings. The molecule has 5 aromatic carbocycles. The first-order valence-electron chi connectivity index (χ1n) is 39.7. The van der Waals surface area contributed by atoms with Crippen LogP contribution in [0, 0.1) is 34.6 Å². The molecule has 8 aromatic heterocycles. The molecule has 0 aliphatic carbocycles. The molecule has 0 bridgehead atoms. The van der Waals surface area contributed by atoms with Crippen LogP contribution in [-0.4, -0.2) is 0 Å². The minimum Gasteiger partial charge on any atom is -0.201 e. The van der Waals surface area contributed by atoms with Crippen LogP contribution in [0.25, 0.3) is 101 Å². The maximum Gasteiger partial charge on any atom is 0.213 e. The molecule has 2 unspecified atom stereocenters. The van der Waals surface area contributed by atoms with Gasteiger partial charge in [-0.3, -0.25) is 0 Å². The van der Waals surface area contributed by atoms with Gasteiger partial charge in [-0.1, -0.05) is 104 Å². The average Bonchev–Trinajstić information content (AvgIpc) is 0.767. The number of hydrogen-bond acceptors (Lipinski definition) is 0. The molecule has 0 N–H and O–H groups in total. The van der Waals surface area contributed by atoms with Gasteiger partial charge >= 0.3 is 0 Å². The fourth-order valence-corrected chi connectivity index (χ4v) is 13.6. The smallest absolute Gasteiger partial charge is 0.201 e. The van der Waals surface area contributed by atoms with Gasteiger partial charge in [0.2, 0.25) is 45.6 Å². The lowest BCUT2D eigenvalue weighted by Crippen LogP contribution is -2.32. The summed E-state index contributed by atoms with van der Waals surface area (Å²) in [5, 5.41) is 0. The monoisotopic (exact) mass is 1370 g/mol. The Morgan fingerprint density at radius 1 is 0.243 bits per heavy atom. The fraction of sp³-hybridized carbons (Fsp3) is 0.263. The van der Waals surface area contributed by atoms with Crippen molar-refractivity contribution in [2.75, 3.05) is 0 Å². The maximum atomic E-state index is 8.50. The molecule has 0 saturated carbocycles. The standard InChI is InChI=1S/C25H24N2.2C25H32N2.C20H22N2/c1-19-22(24-14-7-8-16-26(24)2)12-9-13-23(19)25-18-21(15-17-27(25)3)20-10-5-4-6-11-20;2*1-17(2)20-11-13-26(6)24(15-20)22-9-8-10-23(19(22)5)25-16-21(18(3)4)12-14-27(25)7;1-15-13-17(19-9-5-7-11-21(19)3)16(2)18(14-15)20-10-6-8-12-22(20)4/h4-18H,1-3H3;2*8-18H,1-7H3;5-14H,1-4H3/q4*+2/i;1D3,3D3,17D,18D;;. The summed E-state index contributed by atoms with van der Waals surface area (Å²) in [6.45, 7) is 17.6. The van der Waals surface area contributed by atoms with Crippen LogP contribution in [0.3, 0.4) is 0 Å². The van der Waals surface area contributed by atoms with Gasteiger partial charge in [0.15, 0.2) is 49.6 Å². The van der Waals surface area contributed by atoms with Crippen molar-refractivity contribution in [3.05, 3.63) is 312 Å². The number of pyridine rings is 8. The maximum absolute atomic E-state index is 8.50. The van der Waals surface area contributed by atoms with E-state index in [0.717, 1.165) is 28.1 Å². The third-order valence-electron chi connectivity index (χ3n) is 20.0. The number of aromatic nitrogens is 8. The summed E-state index contributed by atoms with van der Waals surface area (Å²) in [5.74, 6) is -2.49. The van der Waals surface area contributed by atoms with Crippen molar-refractivity contribution in [1.82, 2.24) is 0 Å². The SMILES string of the molecule is Cc1c(-c2cc(C(C)C)cc[n+]2C)cccc1-c1cc(C(C)C)cc[n+]1C.Cc1c(-c2cccc[n+]2C)cccc1-c1cc(-c2ccccc2)cc[n+]1C.Cc1cc(-c2cccc[n+]2C)c(C)c(-c2cccc[n+]2C)c1.[2H]C([2H])([2H])C([2H])(C)c1cc[n+](C)c(-c2cccc(-c3cc(C([2H])(C)C([2H])([2H])[2H])cc[n+]3C)c2C)c1. The predicted octanol–water partition coefficient (Wildman–Crippen LogP) is 18.4. The minimum atomic E-state index is -2.49. The van der Waals surface area contributed by atoms with Gasteiger partial charge in [0.25, 0.3) is 0 Å². The van der Waals surface area contributed by atoms with Crippen molar-refractivity contribution in [3.8, 4) is 101 Å². The Kier molecular flexibility index (Phi) is 20.9. The summed E-state index contributed by atoms with van der Waals surface area (Å²) >= 11 is 0. The number of nitrogens with zero attached hydrogens (tertiary/aromatic N) is 8. The number of benzene rings is 5. The van der Waals surface area contributed by atoms with Crippen molar-refractivity contribution in [3.63, 3.8) is 0 Å². The highest BCUT2D eigenvalue weighted by Crippen LogP contribution is 2.36. The number of rotatable bonds is 13. The molecule has 0 aliphatic heterocycles. The highest BCUT2D eigenvalue weighted by Gasteiger charge is 2.26. The Balaban J connectivity index is 0.000000159. The van der Waals surface area contributed by atoms with Crippen LogP contribution in [0.5, 0.6) is 0 Å². The lowest BCUT2D eigenvalue weighted by Gasteiger charge is -2.12. The highest BCUT2D eigenvalue weighted by atomic mass is 15.0. The van der Waals surface area contributed by atoms with Crippen molar-refractivity contribution in [2.24, 2.45) is 56.4 Å². The second-order valence-electron chi connectivity index (χ2n) is 28.1. The molecule has 13 aromatic rings. The van der Waals surface area contributed by atoms with E-state index in [9.17, 15) is 0 Å². The summed E-state index contributed by atoms with van der Waals surface area (Å²) in [6.07, 6.45) is 16.3. The first-order chi connectivity index (χ1) is 52.4. The quantitative estimate of drug-likeness (QED) is 0.103. The van der Waals surface area contributed by atoms with Crippen LogP contribution < -0.4 is 36.5 Å². The Bertz CT molecular complexity index is 5290. The highest BCUT2D eigenvalue weighted by molar-refractivity contribution is 5.78. The summed E-state index contributed by atoms with van der Waals surface area (Å²) in [6, 6.07) is 73.5. The lowest BCUT2D eigenvalue weighted by atomic mass is 9.93. The van der Waals surface area contributed by atoms with Crippen molar-refractivity contribution < 1.29 is 47.5 Å². The topological polar surface area (TPSA) is 31.0 Å². The van der Waals surface area contributed by atoms with Gasteiger partial charge in [-0.15, -0.1) is 0 Å². The van der Waals surface area contributed by atoms with Gasteiger partial charge in [-0.2, -0.15) is 0 Å². The van der Waals surface area contributed by atoms with Gasteiger partial charge in [0.1, 0.15) is 56.4 Å². The molecule has 0 spiro atoms. The van der Waals surface area contributed by atoms with Gasteiger partial charge in [-0.05, 0) is 186 Å². The van der Waals surface area contributed by atoms with Crippen LogP contribution >= 0.6 is 0 Å². The van der Waals surface area contributed by atoms with E-state index in [1.165, 1.54) is 126 Å². The van der Waals surface area contributed by atoms with Gasteiger partial charge in [0, 0.05) is 141 Å². The van der Waals surface area contributed by atoms with Crippen LogP contribution in [0.15, 0.2) is 262 Å². The molecular weight excluding hydrogens is 1250 g/mol. The van der Waals surface area contributed by atoms with E-state index in [0.29, 0.717) is 23.0 Å². The van der Waals surface area contributed by atoms with Gasteiger partial charge in [-0.25, -0.2) is 36.5 Å². The van der Waals surface area contributed by atoms with Crippen molar-refractivity contribution >= 4 is 0 Å². The molecule has 2 atom stereocenters. The zero-order valence-electron chi connectivity index (χ0n) is 72.1. The summed E-state index contributed by atoms with van der Waals surface area (Å²) < 4.78 is 80.8. The number of aryl methyl sites for hydroxylation is 9. The summed E-state index contributed by atoms with van der Waals surface area (Å²) in [7, 11) is 16.4. The van der Waals surface area contributed by atoms with E-state index in [4.69, 9.17) is 11.0 Å². The predicted molar refractivity (Wildman–Crippen MR) is 424 cm³/mol. The van der Waals surface area contributed by atoms with Crippen LogP contribution in [0.4, 0.5) is 0 Å². The van der Waals surface area contributed by atoms with E-state index < -0.39 is 25.5 Å². The molecule has 0 radical (unpaired) electrons. The third-order valence-corrected chi connectivity index (χ3v) is 20.0.